The van der Waals surface area contributed by atoms with Gasteiger partial charge in [-0.25, -0.2) is 4.98 Å². The number of rotatable bonds is 5. The van der Waals surface area contributed by atoms with Crippen molar-refractivity contribution < 1.29 is 9.53 Å². The molecule has 0 aromatic carbocycles. The van der Waals surface area contributed by atoms with Gasteiger partial charge < -0.3 is 15.4 Å². The van der Waals surface area contributed by atoms with Crippen LogP contribution in [0.25, 0.3) is 11.0 Å². The lowest BCUT2D eigenvalue weighted by Gasteiger charge is -2.59. The third-order valence-corrected chi connectivity index (χ3v) is 10.4. The van der Waals surface area contributed by atoms with Gasteiger partial charge in [-0.2, -0.15) is 10.2 Å². The van der Waals surface area contributed by atoms with Crippen LogP contribution in [-0.4, -0.2) is 73.2 Å². The van der Waals surface area contributed by atoms with Crippen LogP contribution in [0.5, 0.6) is 0 Å². The smallest absolute Gasteiger partial charge is 0.237 e. The number of carbonyl (C=O) groups excluding carboxylic acids is 1. The first-order valence-corrected chi connectivity index (χ1v) is 14.5. The summed E-state index contributed by atoms with van der Waals surface area (Å²) in [6.45, 7) is 9.01. The molecule has 0 spiro atoms. The van der Waals surface area contributed by atoms with Crippen molar-refractivity contribution in [3.8, 4) is 0 Å². The maximum Gasteiger partial charge on any atom is 0.237 e. The number of aryl methyl sites for hydroxylation is 3. The van der Waals surface area contributed by atoms with Gasteiger partial charge in [-0.3, -0.25) is 19.1 Å². The Labute approximate surface area is 229 Å². The van der Waals surface area contributed by atoms with Crippen LogP contribution >= 0.6 is 0 Å². The predicted molar refractivity (Wildman–Crippen MR) is 148 cm³/mol. The number of nitrogens with two attached hydrogens (primary N) is 1. The lowest BCUT2D eigenvalue weighted by molar-refractivity contribution is -0.148. The molecule has 8 rings (SSSR count). The van der Waals surface area contributed by atoms with Gasteiger partial charge in [0.2, 0.25) is 5.91 Å². The second kappa shape index (κ2) is 9.02. The number of primary amides is 1. The van der Waals surface area contributed by atoms with E-state index in [0.717, 1.165) is 74.3 Å². The Bertz CT molecular complexity index is 1420. The molecule has 5 aliphatic rings. The maximum atomic E-state index is 12.2. The predicted octanol–water partition coefficient (Wildman–Crippen LogP) is 2.62. The zero-order valence-electron chi connectivity index (χ0n) is 23.4. The summed E-state index contributed by atoms with van der Waals surface area (Å²) in [5.74, 6) is -0.245. The first-order valence-electron chi connectivity index (χ1n) is 14.5. The number of hydrogen-bond acceptors (Lipinski definition) is 7. The lowest BCUT2D eigenvalue weighted by Crippen LogP contribution is -2.65. The van der Waals surface area contributed by atoms with Crippen molar-refractivity contribution in [1.29, 1.82) is 0 Å². The highest BCUT2D eigenvalue weighted by Crippen LogP contribution is 2.56. The molecular weight excluding hydrogens is 492 g/mol. The van der Waals surface area contributed by atoms with Crippen LogP contribution in [0.3, 0.4) is 0 Å². The number of nitrogens with zero attached hydrogens (tertiary/aromatic N) is 7. The summed E-state index contributed by atoms with van der Waals surface area (Å²) in [6.07, 6.45) is 9.89. The maximum absolute atomic E-state index is 12.2. The molecule has 3 saturated carbocycles. The van der Waals surface area contributed by atoms with Crippen molar-refractivity contribution in [1.82, 2.24) is 29.4 Å². The van der Waals surface area contributed by atoms with Gasteiger partial charge in [0, 0.05) is 62.1 Å². The Morgan fingerprint density at radius 2 is 1.92 bits per heavy atom. The zero-order chi connectivity index (χ0) is 26.9. The summed E-state index contributed by atoms with van der Waals surface area (Å²) in [5.41, 5.74) is 13.3. The fourth-order valence-electron chi connectivity index (χ4n) is 8.12. The molecule has 39 heavy (non-hydrogen) atoms. The van der Waals surface area contributed by atoms with Gasteiger partial charge >= 0.3 is 0 Å². The van der Waals surface area contributed by atoms with Crippen LogP contribution in [0.15, 0.2) is 12.3 Å². The molecule has 5 heterocycles. The van der Waals surface area contributed by atoms with Crippen molar-refractivity contribution in [2.45, 2.75) is 83.5 Å². The monoisotopic (exact) mass is 532 g/mol. The van der Waals surface area contributed by atoms with Crippen molar-refractivity contribution in [3.63, 3.8) is 0 Å². The molecule has 2 bridgehead atoms. The highest BCUT2D eigenvalue weighted by molar-refractivity contribution is 5.89. The number of anilines is 1. The van der Waals surface area contributed by atoms with Crippen LogP contribution < -0.4 is 10.6 Å². The fourth-order valence-corrected chi connectivity index (χ4v) is 8.12. The second-order valence-electron chi connectivity index (χ2n) is 12.5. The molecule has 10 nitrogen and oxygen atoms in total. The van der Waals surface area contributed by atoms with Gasteiger partial charge in [0.05, 0.1) is 36.2 Å². The molecule has 3 aliphatic carbocycles. The normalized spacial score (nSPS) is 29.2. The van der Waals surface area contributed by atoms with E-state index in [1.165, 1.54) is 36.2 Å². The van der Waals surface area contributed by atoms with E-state index in [-0.39, 0.29) is 17.5 Å². The summed E-state index contributed by atoms with van der Waals surface area (Å²) >= 11 is 0. The molecule has 1 amide bonds. The summed E-state index contributed by atoms with van der Waals surface area (Å²) in [7, 11) is 1.96. The number of aromatic nitrogens is 5. The molecule has 2 aliphatic heterocycles. The first kappa shape index (κ1) is 25.0. The van der Waals surface area contributed by atoms with Gasteiger partial charge in [0.1, 0.15) is 6.04 Å². The SMILES string of the molecule is Cc1cc(N2CCc3c(c(C)nn3CC34CCC(N5CCOCC5C(N)=O)(CC3)CC4)C2)c2cnn(C)c2n1. The van der Waals surface area contributed by atoms with Gasteiger partial charge in [0.25, 0.3) is 0 Å². The Morgan fingerprint density at radius 1 is 1.15 bits per heavy atom. The van der Waals surface area contributed by atoms with Crippen molar-refractivity contribution in [2.24, 2.45) is 18.2 Å². The molecular formula is C29H40N8O2. The molecule has 208 valence electrons. The molecule has 4 fully saturated rings. The molecule has 3 aromatic rings. The van der Waals surface area contributed by atoms with Crippen molar-refractivity contribution in [2.75, 3.05) is 31.2 Å². The van der Waals surface area contributed by atoms with E-state index in [4.69, 9.17) is 20.6 Å². The average molecular weight is 533 g/mol. The molecule has 10 heteroatoms. The van der Waals surface area contributed by atoms with Gasteiger partial charge in [0.15, 0.2) is 5.65 Å². The Morgan fingerprint density at radius 3 is 2.67 bits per heavy atom. The van der Waals surface area contributed by atoms with Gasteiger partial charge in [-0.05, 0) is 63.9 Å². The number of ether oxygens (including phenoxy) is 1. The van der Waals surface area contributed by atoms with Crippen LogP contribution in [0.1, 0.15) is 61.2 Å². The first-order chi connectivity index (χ1) is 18.8. The minimum atomic E-state index is -0.287. The van der Waals surface area contributed by atoms with E-state index >= 15 is 0 Å². The minimum absolute atomic E-state index is 0.103. The largest absolute Gasteiger partial charge is 0.378 e. The second-order valence-corrected chi connectivity index (χ2v) is 12.5. The summed E-state index contributed by atoms with van der Waals surface area (Å²) < 4.78 is 9.84. The standard InChI is InChI=1S/C29H40N8O2/c1-19-14-24(21-15-31-34(3)27(21)32-19)35-11-4-23-22(16-35)20(2)33-37(23)18-28-5-8-29(9-6-28,10-7-28)36-12-13-39-17-25(36)26(30)38/h14-15,25H,4-13,16-18H2,1-3H3,(H2,30,38). The number of pyridine rings is 1. The summed E-state index contributed by atoms with van der Waals surface area (Å²) in [4.78, 5) is 21.8. The third kappa shape index (κ3) is 3.97. The molecule has 1 unspecified atom stereocenters. The Hall–Kier alpha value is -2.98. The highest BCUT2D eigenvalue weighted by atomic mass is 16.5. The van der Waals surface area contributed by atoms with E-state index in [0.29, 0.717) is 18.6 Å². The van der Waals surface area contributed by atoms with Crippen LogP contribution in [0.2, 0.25) is 0 Å². The molecule has 0 radical (unpaired) electrons. The average Bonchev–Trinajstić information content (AvgIpc) is 3.47. The van der Waals surface area contributed by atoms with E-state index in [9.17, 15) is 4.79 Å². The van der Waals surface area contributed by atoms with E-state index < -0.39 is 0 Å². The quantitative estimate of drug-likeness (QED) is 0.538. The third-order valence-electron chi connectivity index (χ3n) is 10.4. The minimum Gasteiger partial charge on any atom is -0.378 e. The summed E-state index contributed by atoms with van der Waals surface area (Å²) in [6, 6.07) is 1.91. The Balaban J connectivity index is 1.10. The Kier molecular flexibility index (Phi) is 5.79. The number of hydrogen-bond donors (Lipinski definition) is 1. The topological polar surface area (TPSA) is 107 Å². The lowest BCUT2D eigenvalue weighted by atomic mass is 9.56. The highest BCUT2D eigenvalue weighted by Gasteiger charge is 2.54. The number of fused-ring (bicyclic) bond motifs is 5. The molecule has 3 aromatic heterocycles. The van der Waals surface area contributed by atoms with Gasteiger partial charge in [-0.15, -0.1) is 0 Å². The van der Waals surface area contributed by atoms with Crippen molar-refractivity contribution >= 4 is 22.6 Å². The molecule has 2 N–H and O–H groups in total. The number of amides is 1. The van der Waals surface area contributed by atoms with E-state index in [1.807, 2.05) is 17.9 Å². The number of morpholine rings is 1. The van der Waals surface area contributed by atoms with E-state index in [1.54, 1.807) is 0 Å². The summed E-state index contributed by atoms with van der Waals surface area (Å²) in [5, 5.41) is 10.7. The molecule has 1 atom stereocenters. The van der Waals surface area contributed by atoms with E-state index in [2.05, 4.69) is 39.5 Å². The van der Waals surface area contributed by atoms with Crippen LogP contribution in [0, 0.1) is 19.3 Å². The fraction of sp³-hybridized carbons (Fsp3) is 0.655. The van der Waals surface area contributed by atoms with Crippen molar-refractivity contribution in [3.05, 3.63) is 34.9 Å². The van der Waals surface area contributed by atoms with Gasteiger partial charge in [-0.1, -0.05) is 0 Å². The molecule has 1 saturated heterocycles. The number of carbonyl (C=O) groups is 1. The zero-order valence-corrected chi connectivity index (χ0v) is 23.4. The van der Waals surface area contributed by atoms with Crippen LogP contribution in [-0.2, 0) is 36.1 Å². The van der Waals surface area contributed by atoms with Crippen LogP contribution in [0.4, 0.5) is 5.69 Å².